The molecular weight excluding hydrogens is 230 g/mol. The average molecular weight is 245 g/mol. The second-order valence-corrected chi connectivity index (χ2v) is 3.83. The molecule has 0 fully saturated rings. The molecule has 0 saturated heterocycles. The Kier molecular flexibility index (Phi) is 3.37. The van der Waals surface area contributed by atoms with Gasteiger partial charge in [-0.25, -0.2) is 4.79 Å². The number of fused-ring (bicyclic) bond motifs is 1. The number of carbonyl (C=O) groups is 1. The van der Waals surface area contributed by atoms with Gasteiger partial charge in [0.25, 0.3) is 0 Å². The van der Waals surface area contributed by atoms with Crippen molar-refractivity contribution in [2.45, 2.75) is 6.92 Å². The Hall–Kier alpha value is -2.23. The molecule has 0 aliphatic heterocycles. The minimum absolute atomic E-state index is 0.332. The van der Waals surface area contributed by atoms with Crippen LogP contribution in [0.3, 0.4) is 0 Å². The molecule has 18 heavy (non-hydrogen) atoms. The van der Waals surface area contributed by atoms with Crippen LogP contribution in [0.2, 0.25) is 0 Å². The van der Waals surface area contributed by atoms with E-state index in [-0.39, 0.29) is 0 Å². The Bertz CT molecular complexity index is 593. The van der Waals surface area contributed by atoms with E-state index < -0.39 is 5.97 Å². The Morgan fingerprint density at radius 2 is 2.06 bits per heavy atom. The van der Waals surface area contributed by atoms with Crippen molar-refractivity contribution in [3.05, 3.63) is 35.9 Å². The van der Waals surface area contributed by atoms with Gasteiger partial charge in [0, 0.05) is 5.39 Å². The molecule has 94 valence electrons. The van der Waals surface area contributed by atoms with Crippen LogP contribution in [0.5, 0.6) is 5.75 Å². The van der Waals surface area contributed by atoms with E-state index in [4.69, 9.17) is 15.2 Å². The largest absolute Gasteiger partial charge is 0.497 e. The van der Waals surface area contributed by atoms with Crippen LogP contribution in [0, 0.1) is 0 Å². The number of rotatable bonds is 3. The highest BCUT2D eigenvalue weighted by Gasteiger charge is 2.13. The Labute approximate surface area is 105 Å². The zero-order valence-corrected chi connectivity index (χ0v) is 10.4. The molecule has 4 heteroatoms. The van der Waals surface area contributed by atoms with E-state index in [1.54, 1.807) is 20.1 Å². The molecule has 0 saturated carbocycles. The molecule has 4 nitrogen and oxygen atoms in total. The summed E-state index contributed by atoms with van der Waals surface area (Å²) in [4.78, 5) is 11.7. The van der Waals surface area contributed by atoms with Gasteiger partial charge in [-0.2, -0.15) is 0 Å². The van der Waals surface area contributed by atoms with Crippen LogP contribution >= 0.6 is 0 Å². The fraction of sp³-hybridized carbons (Fsp3) is 0.214. The van der Waals surface area contributed by atoms with Crippen LogP contribution in [0.25, 0.3) is 10.8 Å². The zero-order valence-electron chi connectivity index (χ0n) is 10.4. The predicted octanol–water partition coefficient (Wildman–Crippen LogP) is 2.61. The quantitative estimate of drug-likeness (QED) is 0.667. The highest BCUT2D eigenvalue weighted by molar-refractivity contribution is 6.05. The van der Waals surface area contributed by atoms with Crippen molar-refractivity contribution in [3.63, 3.8) is 0 Å². The van der Waals surface area contributed by atoms with Gasteiger partial charge in [-0.15, -0.1) is 0 Å². The van der Waals surface area contributed by atoms with Gasteiger partial charge in [0.15, 0.2) is 0 Å². The normalized spacial score (nSPS) is 10.3. The maximum Gasteiger partial charge on any atom is 0.340 e. The lowest BCUT2D eigenvalue weighted by atomic mass is 10.0. The monoisotopic (exact) mass is 245 g/mol. The van der Waals surface area contributed by atoms with Crippen molar-refractivity contribution in [1.29, 1.82) is 0 Å². The van der Waals surface area contributed by atoms with Crippen LogP contribution in [0.4, 0.5) is 5.69 Å². The van der Waals surface area contributed by atoms with Crippen LogP contribution in [0.15, 0.2) is 30.3 Å². The summed E-state index contributed by atoms with van der Waals surface area (Å²) < 4.78 is 10.1. The summed E-state index contributed by atoms with van der Waals surface area (Å²) in [5, 5.41) is 1.75. The smallest absolute Gasteiger partial charge is 0.340 e. The minimum Gasteiger partial charge on any atom is -0.497 e. The molecule has 0 spiro atoms. The molecule has 0 amide bonds. The Morgan fingerprint density at radius 1 is 1.28 bits per heavy atom. The first-order valence-corrected chi connectivity index (χ1v) is 5.70. The van der Waals surface area contributed by atoms with Gasteiger partial charge in [0.1, 0.15) is 5.75 Å². The SMILES string of the molecule is CCOC(=O)c1ccc2cc(OC)ccc2c1N. The number of esters is 1. The zero-order chi connectivity index (χ0) is 13.1. The van der Waals surface area contributed by atoms with E-state index in [9.17, 15) is 4.79 Å². The van der Waals surface area contributed by atoms with E-state index in [0.717, 1.165) is 16.5 Å². The third-order valence-electron chi connectivity index (χ3n) is 2.76. The maximum absolute atomic E-state index is 11.7. The first-order valence-electron chi connectivity index (χ1n) is 5.70. The molecule has 2 aromatic carbocycles. The van der Waals surface area contributed by atoms with Gasteiger partial charge >= 0.3 is 5.97 Å². The number of anilines is 1. The second kappa shape index (κ2) is 4.96. The van der Waals surface area contributed by atoms with Crippen LogP contribution in [-0.4, -0.2) is 19.7 Å². The van der Waals surface area contributed by atoms with Crippen molar-refractivity contribution >= 4 is 22.4 Å². The van der Waals surface area contributed by atoms with Crippen molar-refractivity contribution < 1.29 is 14.3 Å². The molecule has 0 radical (unpaired) electrons. The fourth-order valence-corrected chi connectivity index (χ4v) is 1.85. The topological polar surface area (TPSA) is 61.5 Å². The maximum atomic E-state index is 11.7. The molecule has 0 heterocycles. The number of hydrogen-bond acceptors (Lipinski definition) is 4. The summed E-state index contributed by atoms with van der Waals surface area (Å²) in [5.41, 5.74) is 6.84. The Balaban J connectivity index is 2.54. The summed E-state index contributed by atoms with van der Waals surface area (Å²) in [7, 11) is 1.61. The average Bonchev–Trinajstić information content (AvgIpc) is 2.38. The summed E-state index contributed by atoms with van der Waals surface area (Å²) >= 11 is 0. The number of ether oxygens (including phenoxy) is 2. The van der Waals surface area contributed by atoms with Gasteiger partial charge in [0.05, 0.1) is 25.0 Å². The summed E-state index contributed by atoms with van der Waals surface area (Å²) in [6.45, 7) is 2.10. The van der Waals surface area contributed by atoms with Crippen LogP contribution in [0.1, 0.15) is 17.3 Å². The van der Waals surface area contributed by atoms with Gasteiger partial charge in [-0.3, -0.25) is 0 Å². The standard InChI is InChI=1S/C14H15NO3/c1-3-18-14(16)12-6-4-9-8-10(17-2)5-7-11(9)13(12)15/h4-8H,3,15H2,1-2H3. The second-order valence-electron chi connectivity index (χ2n) is 3.83. The van der Waals surface area contributed by atoms with Gasteiger partial charge in [-0.1, -0.05) is 6.07 Å². The molecule has 0 aliphatic carbocycles. The van der Waals surface area contributed by atoms with Crippen molar-refractivity contribution in [3.8, 4) is 5.75 Å². The minimum atomic E-state index is -0.396. The highest BCUT2D eigenvalue weighted by Crippen LogP contribution is 2.28. The number of methoxy groups -OCH3 is 1. The molecule has 0 bridgehead atoms. The highest BCUT2D eigenvalue weighted by atomic mass is 16.5. The Morgan fingerprint density at radius 3 is 2.72 bits per heavy atom. The number of carbonyl (C=O) groups excluding carboxylic acids is 1. The van der Waals surface area contributed by atoms with E-state index in [1.165, 1.54) is 0 Å². The van der Waals surface area contributed by atoms with E-state index in [2.05, 4.69) is 0 Å². The van der Waals surface area contributed by atoms with Gasteiger partial charge < -0.3 is 15.2 Å². The van der Waals surface area contributed by atoms with Gasteiger partial charge in [0.2, 0.25) is 0 Å². The summed E-state index contributed by atoms with van der Waals surface area (Å²) in [5.74, 6) is 0.360. The molecule has 0 aromatic heterocycles. The number of nitrogen functional groups attached to an aromatic ring is 1. The van der Waals surface area contributed by atoms with Gasteiger partial charge in [-0.05, 0) is 36.6 Å². The summed E-state index contributed by atoms with van der Waals surface area (Å²) in [6, 6.07) is 9.04. The van der Waals surface area contributed by atoms with E-state index in [1.807, 2.05) is 24.3 Å². The van der Waals surface area contributed by atoms with Crippen molar-refractivity contribution in [2.24, 2.45) is 0 Å². The van der Waals surface area contributed by atoms with Crippen LogP contribution in [-0.2, 0) is 4.74 Å². The lowest BCUT2D eigenvalue weighted by Gasteiger charge is -2.09. The lowest BCUT2D eigenvalue weighted by molar-refractivity contribution is 0.0528. The first kappa shape index (κ1) is 12.2. The number of nitrogens with two attached hydrogens (primary N) is 1. The third-order valence-corrected chi connectivity index (χ3v) is 2.76. The molecule has 2 N–H and O–H groups in total. The molecule has 0 atom stereocenters. The first-order chi connectivity index (χ1) is 8.67. The van der Waals surface area contributed by atoms with Crippen molar-refractivity contribution in [2.75, 3.05) is 19.5 Å². The molecular formula is C14H15NO3. The predicted molar refractivity (Wildman–Crippen MR) is 70.9 cm³/mol. The molecule has 0 aliphatic rings. The lowest BCUT2D eigenvalue weighted by Crippen LogP contribution is -2.08. The fourth-order valence-electron chi connectivity index (χ4n) is 1.85. The van der Waals surface area contributed by atoms with Crippen LogP contribution < -0.4 is 10.5 Å². The molecule has 2 rings (SSSR count). The summed E-state index contributed by atoms with van der Waals surface area (Å²) in [6.07, 6.45) is 0. The van der Waals surface area contributed by atoms with E-state index in [0.29, 0.717) is 17.9 Å². The molecule has 2 aromatic rings. The van der Waals surface area contributed by atoms with E-state index >= 15 is 0 Å². The molecule has 0 unspecified atom stereocenters. The number of hydrogen-bond donors (Lipinski definition) is 1. The third kappa shape index (κ3) is 2.09. The van der Waals surface area contributed by atoms with Crippen molar-refractivity contribution in [1.82, 2.24) is 0 Å². The number of benzene rings is 2.